The van der Waals surface area contributed by atoms with E-state index < -0.39 is 35.2 Å². The van der Waals surface area contributed by atoms with E-state index in [0.29, 0.717) is 0 Å². The molecule has 0 aromatic heterocycles. The van der Waals surface area contributed by atoms with Gasteiger partial charge in [0.2, 0.25) is 0 Å². The van der Waals surface area contributed by atoms with Gasteiger partial charge in [0.05, 0.1) is 18.9 Å². The van der Waals surface area contributed by atoms with E-state index >= 15 is 0 Å². The van der Waals surface area contributed by atoms with Crippen molar-refractivity contribution >= 4 is 11.6 Å². The average Bonchev–Trinajstić information content (AvgIpc) is 2.13. The smallest absolute Gasteiger partial charge is 0.390 e. The molecule has 0 radical (unpaired) electrons. The molecular weight excluding hydrogens is 267 g/mol. The minimum absolute atomic E-state index is 0.125. The van der Waals surface area contributed by atoms with E-state index in [-0.39, 0.29) is 5.75 Å². The fourth-order valence-electron chi connectivity index (χ4n) is 1.28. The summed E-state index contributed by atoms with van der Waals surface area (Å²) >= 11 is 5.36. The van der Waals surface area contributed by atoms with Crippen molar-refractivity contribution in [2.24, 2.45) is 0 Å². The van der Waals surface area contributed by atoms with Crippen molar-refractivity contribution in [2.75, 3.05) is 7.11 Å². The number of alkyl halides is 4. The van der Waals surface area contributed by atoms with Gasteiger partial charge in [0, 0.05) is 17.7 Å². The van der Waals surface area contributed by atoms with Crippen LogP contribution in [0.5, 0.6) is 5.75 Å². The molecule has 1 rings (SSSR count). The van der Waals surface area contributed by atoms with Gasteiger partial charge < -0.3 is 4.74 Å². The van der Waals surface area contributed by atoms with E-state index in [1.807, 2.05) is 0 Å². The van der Waals surface area contributed by atoms with Gasteiger partial charge in [-0.2, -0.15) is 13.2 Å². The van der Waals surface area contributed by atoms with Gasteiger partial charge >= 0.3 is 6.18 Å². The Bertz CT molecular complexity index is 381. The molecule has 0 aliphatic heterocycles. The van der Waals surface area contributed by atoms with E-state index in [0.717, 1.165) is 12.1 Å². The van der Waals surface area contributed by atoms with E-state index in [1.54, 1.807) is 0 Å². The third-order valence-electron chi connectivity index (χ3n) is 2.01. The molecule has 0 aliphatic rings. The number of hydrogen-bond acceptors (Lipinski definition) is 1. The Kier molecular flexibility index (Phi) is 4.19. The molecule has 96 valence electrons. The topological polar surface area (TPSA) is 9.23 Å². The quantitative estimate of drug-likeness (QED) is 0.593. The molecule has 0 bridgehead atoms. The van der Waals surface area contributed by atoms with E-state index in [9.17, 15) is 22.0 Å². The fraction of sp³-hybridized carbons (Fsp3) is 0.400. The first-order valence-corrected chi connectivity index (χ1v) is 4.92. The van der Waals surface area contributed by atoms with E-state index in [4.69, 9.17) is 11.6 Å². The van der Waals surface area contributed by atoms with Crippen LogP contribution in [0.25, 0.3) is 0 Å². The van der Waals surface area contributed by atoms with Crippen LogP contribution in [0.15, 0.2) is 12.1 Å². The van der Waals surface area contributed by atoms with Crippen molar-refractivity contribution in [1.82, 2.24) is 0 Å². The predicted octanol–water partition coefficient (Wildman–Crippen LogP) is 4.21. The lowest BCUT2D eigenvalue weighted by Crippen LogP contribution is -2.12. The van der Waals surface area contributed by atoms with Crippen LogP contribution in [0.2, 0.25) is 0 Å². The predicted molar refractivity (Wildman–Crippen MR) is 52.2 cm³/mol. The molecule has 0 N–H and O–H groups in total. The van der Waals surface area contributed by atoms with Crippen molar-refractivity contribution in [3.05, 3.63) is 29.3 Å². The fourth-order valence-corrected chi connectivity index (χ4v) is 1.67. The van der Waals surface area contributed by atoms with Crippen molar-refractivity contribution < 1.29 is 26.7 Å². The third-order valence-corrected chi connectivity index (χ3v) is 2.38. The van der Waals surface area contributed by atoms with Crippen LogP contribution in [0.1, 0.15) is 17.4 Å². The van der Waals surface area contributed by atoms with Crippen LogP contribution in [-0.2, 0) is 0 Å². The van der Waals surface area contributed by atoms with Crippen molar-refractivity contribution in [1.29, 1.82) is 0 Å². The minimum atomic E-state index is -4.59. The molecular formula is C10H8ClF5O. The Morgan fingerprint density at radius 2 is 1.71 bits per heavy atom. The van der Waals surface area contributed by atoms with E-state index in [1.165, 1.54) is 7.11 Å². The van der Waals surface area contributed by atoms with Gasteiger partial charge in [-0.1, -0.05) is 0 Å². The zero-order valence-corrected chi connectivity index (χ0v) is 9.37. The zero-order chi connectivity index (χ0) is 13.2. The highest BCUT2D eigenvalue weighted by atomic mass is 35.5. The number of hydrogen-bond donors (Lipinski definition) is 0. The molecule has 0 saturated heterocycles. The number of benzene rings is 1. The van der Waals surface area contributed by atoms with Crippen LogP contribution < -0.4 is 4.74 Å². The van der Waals surface area contributed by atoms with Crippen molar-refractivity contribution in [3.63, 3.8) is 0 Å². The summed E-state index contributed by atoms with van der Waals surface area (Å²) in [5, 5.41) is -1.80. The lowest BCUT2D eigenvalue weighted by atomic mass is 10.1. The summed E-state index contributed by atoms with van der Waals surface area (Å²) < 4.78 is 67.4. The normalized spacial score (nSPS) is 13.6. The summed E-state index contributed by atoms with van der Waals surface area (Å²) in [5.41, 5.74) is -0.801. The second kappa shape index (κ2) is 5.08. The maximum atomic E-state index is 13.4. The van der Waals surface area contributed by atoms with Crippen molar-refractivity contribution in [3.8, 4) is 5.75 Å². The van der Waals surface area contributed by atoms with Gasteiger partial charge in [-0.05, 0) is 0 Å². The lowest BCUT2D eigenvalue weighted by molar-refractivity contribution is -0.135. The number of halogens is 6. The highest BCUT2D eigenvalue weighted by Crippen LogP contribution is 2.37. The summed E-state index contributed by atoms with van der Waals surface area (Å²) in [5.74, 6) is -2.45. The van der Waals surface area contributed by atoms with E-state index in [2.05, 4.69) is 4.74 Å². The third kappa shape index (κ3) is 3.73. The molecule has 0 saturated carbocycles. The van der Waals surface area contributed by atoms with Crippen LogP contribution in [0.4, 0.5) is 22.0 Å². The first-order valence-electron chi connectivity index (χ1n) is 4.48. The van der Waals surface area contributed by atoms with Gasteiger partial charge in [-0.3, -0.25) is 0 Å². The summed E-state index contributed by atoms with van der Waals surface area (Å²) in [7, 11) is 1.18. The largest absolute Gasteiger partial charge is 0.497 e. The summed E-state index contributed by atoms with van der Waals surface area (Å²) in [6.45, 7) is 0. The van der Waals surface area contributed by atoms with Gasteiger partial charge in [-0.25, -0.2) is 8.78 Å². The second-order valence-corrected chi connectivity index (χ2v) is 3.82. The zero-order valence-electron chi connectivity index (χ0n) is 8.62. The average molecular weight is 275 g/mol. The molecule has 1 aromatic carbocycles. The maximum Gasteiger partial charge on any atom is 0.390 e. The highest BCUT2D eigenvalue weighted by molar-refractivity contribution is 6.20. The van der Waals surface area contributed by atoms with Crippen LogP contribution in [0.3, 0.4) is 0 Å². The highest BCUT2D eigenvalue weighted by Gasteiger charge is 2.34. The molecule has 17 heavy (non-hydrogen) atoms. The first kappa shape index (κ1) is 14.0. The summed E-state index contributed by atoms with van der Waals surface area (Å²) in [6.07, 6.45) is -6.10. The Labute approximate surface area is 99.1 Å². The maximum absolute atomic E-state index is 13.4. The van der Waals surface area contributed by atoms with Gasteiger partial charge in [0.1, 0.15) is 17.4 Å². The van der Waals surface area contributed by atoms with Crippen LogP contribution in [0, 0.1) is 11.6 Å². The Morgan fingerprint density at radius 3 is 2.06 bits per heavy atom. The van der Waals surface area contributed by atoms with Gasteiger partial charge in [0.25, 0.3) is 0 Å². The number of methoxy groups -OCH3 is 1. The Morgan fingerprint density at radius 1 is 1.24 bits per heavy atom. The van der Waals surface area contributed by atoms with Gasteiger partial charge in [-0.15, -0.1) is 11.6 Å². The Balaban J connectivity index is 3.06. The monoisotopic (exact) mass is 274 g/mol. The first-order chi connectivity index (χ1) is 7.74. The van der Waals surface area contributed by atoms with Crippen LogP contribution >= 0.6 is 11.6 Å². The molecule has 0 fully saturated rings. The Hall–Kier alpha value is -1.04. The summed E-state index contributed by atoms with van der Waals surface area (Å²) in [6, 6.07) is 1.56. The minimum Gasteiger partial charge on any atom is -0.497 e. The molecule has 1 atom stereocenters. The molecule has 0 spiro atoms. The molecule has 0 heterocycles. The molecule has 0 amide bonds. The lowest BCUT2D eigenvalue weighted by Gasteiger charge is -2.14. The molecule has 1 aromatic rings. The summed E-state index contributed by atoms with van der Waals surface area (Å²) in [4.78, 5) is 0. The number of rotatable bonds is 3. The molecule has 0 aliphatic carbocycles. The van der Waals surface area contributed by atoms with Crippen molar-refractivity contribution in [2.45, 2.75) is 18.0 Å². The standard InChI is InChI=1S/C10H8ClF5O/c1-17-5-2-7(12)9(8(13)3-5)6(11)4-10(14,15)16/h2-3,6H,4H2,1H3. The van der Waals surface area contributed by atoms with Gasteiger partial charge in [0.15, 0.2) is 0 Å². The molecule has 1 unspecified atom stereocenters. The van der Waals surface area contributed by atoms with Crippen LogP contribution in [-0.4, -0.2) is 13.3 Å². The molecule has 1 nitrogen and oxygen atoms in total. The SMILES string of the molecule is COc1cc(F)c(C(Cl)CC(F)(F)F)c(F)c1. The number of ether oxygens (including phenoxy) is 1. The molecule has 7 heteroatoms. The second-order valence-electron chi connectivity index (χ2n) is 3.29.